The molecule has 1 aliphatic heterocycles. The van der Waals surface area contributed by atoms with Crippen LogP contribution in [0.5, 0.6) is 11.5 Å². The molecule has 1 aromatic heterocycles. The van der Waals surface area contributed by atoms with Crippen LogP contribution in [0.2, 0.25) is 10.0 Å². The van der Waals surface area contributed by atoms with E-state index >= 15 is 4.39 Å². The minimum absolute atomic E-state index is 0.0207. The van der Waals surface area contributed by atoms with Gasteiger partial charge < -0.3 is 44.7 Å². The monoisotopic (exact) mass is 1080 g/mol. The number of alkyl halides is 3. The summed E-state index contributed by atoms with van der Waals surface area (Å²) < 4.78 is 75.4. The molecule has 74 heavy (non-hydrogen) atoms. The first kappa shape index (κ1) is 57.3. The molecule has 22 heteroatoms. The number of likely N-dealkylation sites (tertiary alicyclic amines) is 1. The van der Waals surface area contributed by atoms with Crippen molar-refractivity contribution >= 4 is 53.0 Å². The molecular weight excluding hydrogens is 1010 g/mol. The molecule has 3 aromatic carbocycles. The van der Waals surface area contributed by atoms with Crippen molar-refractivity contribution in [3.05, 3.63) is 99.7 Å². The van der Waals surface area contributed by atoms with Gasteiger partial charge in [-0.05, 0) is 120 Å². The second-order valence-corrected chi connectivity index (χ2v) is 20.8. The number of aliphatic carboxylic acids is 1. The van der Waals surface area contributed by atoms with E-state index in [1.165, 1.54) is 20.1 Å². The number of nitrogens with zero attached hydrogens (tertiary/aromatic N) is 4. The molecule has 4 N–H and O–H groups in total. The molecule has 6 rings (SSSR count). The Bertz CT molecular complexity index is 2630. The summed E-state index contributed by atoms with van der Waals surface area (Å²) in [5.41, 5.74) is 0.363. The Kier molecular flexibility index (Phi) is 19.0. The number of carboxylic acid groups (broad SMARTS) is 1. The predicted octanol–water partition coefficient (Wildman–Crippen LogP) is 8.99. The zero-order valence-corrected chi connectivity index (χ0v) is 43.6. The number of hydrogen-bond acceptors (Lipinski definition) is 10. The van der Waals surface area contributed by atoms with E-state index in [-0.39, 0.29) is 80.5 Å². The minimum Gasteiger partial charge on any atom is -0.481 e. The zero-order chi connectivity index (χ0) is 54.1. The Morgan fingerprint density at radius 1 is 0.973 bits per heavy atom. The third kappa shape index (κ3) is 15.8. The van der Waals surface area contributed by atoms with E-state index < -0.39 is 77.7 Å². The van der Waals surface area contributed by atoms with Gasteiger partial charge in [-0.3, -0.25) is 24.1 Å². The second kappa shape index (κ2) is 24.6. The molecule has 1 unspecified atom stereocenters. The molecule has 0 radical (unpaired) electrons. The van der Waals surface area contributed by atoms with Gasteiger partial charge >= 0.3 is 18.2 Å². The highest BCUT2D eigenvalue weighted by molar-refractivity contribution is 6.31. The van der Waals surface area contributed by atoms with Crippen molar-refractivity contribution in [1.29, 1.82) is 0 Å². The maximum Gasteiger partial charge on any atom is 0.410 e. The molecule has 4 atom stereocenters. The van der Waals surface area contributed by atoms with Crippen LogP contribution in [0, 0.1) is 11.7 Å². The van der Waals surface area contributed by atoms with Crippen molar-refractivity contribution in [2.45, 2.75) is 128 Å². The molecular formula is C52H63Cl2F4N7O9. The number of amides is 4. The van der Waals surface area contributed by atoms with Crippen molar-refractivity contribution < 1.29 is 60.9 Å². The lowest BCUT2D eigenvalue weighted by Gasteiger charge is -2.45. The van der Waals surface area contributed by atoms with Crippen LogP contribution in [0.4, 0.5) is 22.4 Å². The van der Waals surface area contributed by atoms with Crippen LogP contribution in [0.15, 0.2) is 66.9 Å². The standard InChI is InChI=1S/C52H63Cl2F4N7O9/c1-31(46(68)61-41(29-72-6)47(69)62-51(24-32-11-15-35(53)16-12-32)19-8-20-64(30-51)48(70)34(21-45(66)67)25-52(56,57)58)59-26-39-40(55)22-36(54)23-43(39)73-38-17-13-33(14-18-38)42-27-60-44(63(42)5)28-65(37-9-7-10-37)49(71)74-50(2,3)4/h11-18,22-23,27,31,34,37,41,59H,7-10,19-21,24-26,28-30H2,1-6H3,(H,61,68)(H,62,69)(H,66,67)/t31-,34?,41-,51+/m0/s1. The van der Waals surface area contributed by atoms with Crippen molar-refractivity contribution in [2.24, 2.45) is 13.0 Å². The maximum atomic E-state index is 15.7. The first-order chi connectivity index (χ1) is 34.8. The van der Waals surface area contributed by atoms with Crippen molar-refractivity contribution in [2.75, 3.05) is 26.8 Å². The molecule has 2 fully saturated rings. The lowest BCUT2D eigenvalue weighted by molar-refractivity contribution is -0.164. The van der Waals surface area contributed by atoms with E-state index in [0.717, 1.165) is 41.5 Å². The first-order valence-corrected chi connectivity index (χ1v) is 25.0. The number of nitrogens with one attached hydrogen (secondary N) is 3. The topological polar surface area (TPSA) is 194 Å². The first-order valence-electron chi connectivity index (χ1n) is 24.3. The number of benzene rings is 3. The van der Waals surface area contributed by atoms with Crippen LogP contribution in [0.3, 0.4) is 0 Å². The SMILES string of the molecule is COC[C@H](NC(=O)[C@H](C)NCc1c(F)cc(Cl)cc1Oc1ccc(-c2cnc(CN(C(=O)OC(C)(C)C)C3CCC3)n2C)cc1)C(=O)N[C@@]1(Cc2ccc(Cl)cc2)CCCN(C(=O)C(CC(=O)O)CC(F)(F)F)C1. The number of carbonyl (C=O) groups excluding carboxylic acids is 4. The second-order valence-electron chi connectivity index (χ2n) is 20.0. The molecule has 402 valence electrons. The fourth-order valence-electron chi connectivity index (χ4n) is 8.98. The highest BCUT2D eigenvalue weighted by atomic mass is 35.5. The van der Waals surface area contributed by atoms with Gasteiger partial charge in [0.25, 0.3) is 0 Å². The number of carbonyl (C=O) groups is 5. The van der Waals surface area contributed by atoms with Crippen LogP contribution in [0.25, 0.3) is 11.3 Å². The van der Waals surface area contributed by atoms with E-state index in [1.54, 1.807) is 47.5 Å². The van der Waals surface area contributed by atoms with Gasteiger partial charge in [-0.15, -0.1) is 0 Å². The fourth-order valence-corrected chi connectivity index (χ4v) is 9.30. The predicted molar refractivity (Wildman–Crippen MR) is 268 cm³/mol. The third-order valence-corrected chi connectivity index (χ3v) is 13.4. The van der Waals surface area contributed by atoms with Gasteiger partial charge in [0.15, 0.2) is 0 Å². The van der Waals surface area contributed by atoms with Crippen LogP contribution in [-0.4, -0.2) is 116 Å². The molecule has 0 bridgehead atoms. The summed E-state index contributed by atoms with van der Waals surface area (Å²) in [5, 5.41) is 18.5. The molecule has 4 aromatic rings. The molecule has 0 spiro atoms. The van der Waals surface area contributed by atoms with Gasteiger partial charge in [0, 0.05) is 61.0 Å². The van der Waals surface area contributed by atoms with E-state index in [0.29, 0.717) is 22.2 Å². The summed E-state index contributed by atoms with van der Waals surface area (Å²) >= 11 is 12.4. The number of methoxy groups -OCH3 is 1. The molecule has 2 heterocycles. The number of carboxylic acids is 1. The average Bonchev–Trinajstić information content (AvgIpc) is 3.65. The number of piperidine rings is 1. The van der Waals surface area contributed by atoms with Crippen LogP contribution in [-0.2, 0) is 55.2 Å². The number of ether oxygens (including phenoxy) is 3. The zero-order valence-electron chi connectivity index (χ0n) is 42.1. The van der Waals surface area contributed by atoms with Crippen LogP contribution >= 0.6 is 23.2 Å². The summed E-state index contributed by atoms with van der Waals surface area (Å²) in [7, 11) is 3.18. The van der Waals surface area contributed by atoms with E-state index in [2.05, 4.69) is 20.9 Å². The maximum absolute atomic E-state index is 15.7. The molecule has 1 saturated heterocycles. The quantitative estimate of drug-likeness (QED) is 0.0582. The fraction of sp³-hybridized carbons (Fsp3) is 0.500. The van der Waals surface area contributed by atoms with Gasteiger partial charge in [-0.25, -0.2) is 14.2 Å². The van der Waals surface area contributed by atoms with E-state index in [4.69, 9.17) is 37.4 Å². The van der Waals surface area contributed by atoms with Gasteiger partial charge in [-0.1, -0.05) is 35.3 Å². The minimum atomic E-state index is -4.81. The number of rotatable bonds is 21. The third-order valence-electron chi connectivity index (χ3n) is 13.0. The smallest absolute Gasteiger partial charge is 0.410 e. The van der Waals surface area contributed by atoms with Crippen LogP contribution < -0.4 is 20.7 Å². The lowest BCUT2D eigenvalue weighted by atomic mass is 9.82. The molecule has 1 aliphatic carbocycles. The lowest BCUT2D eigenvalue weighted by Crippen LogP contribution is -2.65. The highest BCUT2D eigenvalue weighted by Crippen LogP contribution is 2.35. The van der Waals surface area contributed by atoms with Crippen molar-refractivity contribution in [3.63, 3.8) is 0 Å². The Morgan fingerprint density at radius 3 is 2.27 bits per heavy atom. The van der Waals surface area contributed by atoms with Crippen molar-refractivity contribution in [3.8, 4) is 22.8 Å². The average molecular weight is 1080 g/mol. The number of hydrogen-bond donors (Lipinski definition) is 4. The summed E-state index contributed by atoms with van der Waals surface area (Å²) in [6.45, 7) is 6.49. The Labute approximate surface area is 437 Å². The Hall–Kier alpha value is -5.96. The van der Waals surface area contributed by atoms with Crippen LogP contribution in [0.1, 0.15) is 89.6 Å². The van der Waals surface area contributed by atoms with Gasteiger partial charge in [-0.2, -0.15) is 13.2 Å². The highest BCUT2D eigenvalue weighted by Gasteiger charge is 2.44. The molecule has 1 saturated carbocycles. The number of imidazole rings is 1. The van der Waals surface area contributed by atoms with E-state index in [1.807, 2.05) is 44.5 Å². The summed E-state index contributed by atoms with van der Waals surface area (Å²) in [6.07, 6.45) is -2.72. The van der Waals surface area contributed by atoms with E-state index in [9.17, 15) is 42.3 Å². The Morgan fingerprint density at radius 2 is 1.66 bits per heavy atom. The Balaban J connectivity index is 1.12. The van der Waals surface area contributed by atoms with Gasteiger partial charge in [0.05, 0.1) is 55.4 Å². The largest absolute Gasteiger partial charge is 0.481 e. The summed E-state index contributed by atoms with van der Waals surface area (Å²) in [6, 6.07) is 13.9. The summed E-state index contributed by atoms with van der Waals surface area (Å²) in [5.74, 6) is -5.49. The molecule has 2 aliphatic rings. The molecule has 16 nitrogen and oxygen atoms in total. The van der Waals surface area contributed by atoms with Gasteiger partial charge in [0.1, 0.15) is 34.8 Å². The number of aromatic nitrogens is 2. The normalized spacial score (nSPS) is 17.4. The summed E-state index contributed by atoms with van der Waals surface area (Å²) in [4.78, 5) is 73.8. The van der Waals surface area contributed by atoms with Gasteiger partial charge in [0.2, 0.25) is 17.7 Å². The van der Waals surface area contributed by atoms with Crippen molar-refractivity contribution in [1.82, 2.24) is 35.3 Å². The molecule has 4 amide bonds. The number of halogens is 6.